The zero-order valence-electron chi connectivity index (χ0n) is 13.6. The van der Waals surface area contributed by atoms with Gasteiger partial charge in [0, 0.05) is 24.3 Å². The third-order valence-electron chi connectivity index (χ3n) is 3.54. The fourth-order valence-corrected chi connectivity index (χ4v) is 2.18. The van der Waals surface area contributed by atoms with E-state index in [1.807, 2.05) is 0 Å². The summed E-state index contributed by atoms with van der Waals surface area (Å²) in [6, 6.07) is 4.54. The van der Waals surface area contributed by atoms with Crippen LogP contribution in [-0.2, 0) is 0 Å². The van der Waals surface area contributed by atoms with Crippen molar-refractivity contribution in [3.05, 3.63) is 29.6 Å². The summed E-state index contributed by atoms with van der Waals surface area (Å²) in [5.74, 6) is 0.778. The number of nitrogens with zero attached hydrogens (tertiary/aromatic N) is 1. The van der Waals surface area contributed by atoms with Gasteiger partial charge in [-0.3, -0.25) is 5.41 Å². The molecule has 0 aliphatic carbocycles. The Hall–Kier alpha value is -1.58. The van der Waals surface area contributed by atoms with Crippen molar-refractivity contribution >= 4 is 11.5 Å². The molecule has 21 heavy (non-hydrogen) atoms. The molecule has 0 aromatic heterocycles. The minimum atomic E-state index is -0.350. The van der Waals surface area contributed by atoms with Gasteiger partial charge >= 0.3 is 0 Å². The molecule has 0 heterocycles. The number of hydrogen-bond donors (Lipinski definition) is 2. The van der Waals surface area contributed by atoms with E-state index in [4.69, 9.17) is 11.1 Å². The number of rotatable bonds is 8. The van der Waals surface area contributed by atoms with E-state index in [1.165, 1.54) is 12.1 Å². The van der Waals surface area contributed by atoms with Gasteiger partial charge in [0.2, 0.25) is 0 Å². The van der Waals surface area contributed by atoms with Gasteiger partial charge in [-0.1, -0.05) is 27.7 Å². The second kappa shape index (κ2) is 8.01. The summed E-state index contributed by atoms with van der Waals surface area (Å²) in [7, 11) is 0. The van der Waals surface area contributed by atoms with Gasteiger partial charge in [-0.05, 0) is 42.9 Å². The molecule has 3 nitrogen and oxygen atoms in total. The lowest BCUT2D eigenvalue weighted by Gasteiger charge is -2.28. The van der Waals surface area contributed by atoms with Crippen LogP contribution < -0.4 is 10.6 Å². The fraction of sp³-hybridized carbons (Fsp3) is 0.588. The molecular formula is C17H28FN3. The molecule has 1 aromatic rings. The van der Waals surface area contributed by atoms with Crippen LogP contribution in [0.2, 0.25) is 0 Å². The maximum absolute atomic E-state index is 13.4. The minimum absolute atomic E-state index is 0.0800. The van der Waals surface area contributed by atoms with Crippen molar-refractivity contribution in [1.82, 2.24) is 0 Å². The van der Waals surface area contributed by atoms with Crippen LogP contribution in [0.25, 0.3) is 0 Å². The molecule has 0 bridgehead atoms. The molecular weight excluding hydrogens is 265 g/mol. The zero-order valence-corrected chi connectivity index (χ0v) is 13.6. The second-order valence-corrected chi connectivity index (χ2v) is 6.43. The summed E-state index contributed by atoms with van der Waals surface area (Å²) in [5.41, 5.74) is 6.98. The van der Waals surface area contributed by atoms with Gasteiger partial charge in [0.05, 0.1) is 0 Å². The molecule has 0 fully saturated rings. The molecule has 0 aliphatic heterocycles. The third kappa shape index (κ3) is 5.74. The van der Waals surface area contributed by atoms with Gasteiger partial charge < -0.3 is 10.6 Å². The Labute approximate surface area is 127 Å². The zero-order chi connectivity index (χ0) is 16.0. The summed E-state index contributed by atoms with van der Waals surface area (Å²) >= 11 is 0. The highest BCUT2D eigenvalue weighted by Crippen LogP contribution is 2.23. The fourth-order valence-electron chi connectivity index (χ4n) is 2.18. The van der Waals surface area contributed by atoms with E-state index in [0.717, 1.165) is 31.6 Å². The molecule has 0 saturated carbocycles. The molecule has 0 spiro atoms. The highest BCUT2D eigenvalue weighted by molar-refractivity contribution is 6.00. The molecule has 1 rings (SSSR count). The molecule has 0 amide bonds. The van der Waals surface area contributed by atoms with E-state index in [9.17, 15) is 4.39 Å². The second-order valence-electron chi connectivity index (χ2n) is 6.43. The van der Waals surface area contributed by atoms with Crippen molar-refractivity contribution in [2.24, 2.45) is 17.6 Å². The van der Waals surface area contributed by atoms with Crippen LogP contribution in [0, 0.1) is 23.1 Å². The summed E-state index contributed by atoms with van der Waals surface area (Å²) in [5, 5.41) is 7.68. The first-order chi connectivity index (χ1) is 9.81. The minimum Gasteiger partial charge on any atom is -0.384 e. The lowest BCUT2D eigenvalue weighted by Crippen LogP contribution is -2.30. The number of anilines is 1. The highest BCUT2D eigenvalue weighted by atomic mass is 19.1. The summed E-state index contributed by atoms with van der Waals surface area (Å²) in [6.45, 7) is 10.6. The maximum atomic E-state index is 13.4. The Kier molecular flexibility index (Phi) is 6.66. The smallest absolute Gasteiger partial charge is 0.125 e. The number of benzene rings is 1. The lowest BCUT2D eigenvalue weighted by atomic mass is 10.1. The topological polar surface area (TPSA) is 53.1 Å². The number of hydrogen-bond acceptors (Lipinski definition) is 2. The van der Waals surface area contributed by atoms with Gasteiger partial charge in [0.15, 0.2) is 0 Å². The molecule has 0 unspecified atom stereocenters. The SMILES string of the molecule is CC(C)CCN(CCC(C)C)c1ccc(F)cc1C(=N)N. The van der Waals surface area contributed by atoms with Gasteiger partial charge in [0.25, 0.3) is 0 Å². The number of nitrogens with one attached hydrogen (secondary N) is 1. The Morgan fingerprint density at radius 1 is 1.14 bits per heavy atom. The number of halogens is 1. The quantitative estimate of drug-likeness (QED) is 0.562. The molecule has 1 aromatic carbocycles. The summed E-state index contributed by atoms with van der Waals surface area (Å²) < 4.78 is 13.4. The van der Waals surface area contributed by atoms with Crippen molar-refractivity contribution in [3.63, 3.8) is 0 Å². The van der Waals surface area contributed by atoms with Gasteiger partial charge in [-0.2, -0.15) is 0 Å². The van der Waals surface area contributed by atoms with Crippen molar-refractivity contribution in [3.8, 4) is 0 Å². The Morgan fingerprint density at radius 3 is 2.10 bits per heavy atom. The molecule has 0 saturated heterocycles. The van der Waals surface area contributed by atoms with Crippen LogP contribution in [0.5, 0.6) is 0 Å². The van der Waals surface area contributed by atoms with Gasteiger partial charge in [-0.25, -0.2) is 4.39 Å². The molecule has 118 valence electrons. The average molecular weight is 293 g/mol. The Bertz CT molecular complexity index is 457. The molecule has 0 radical (unpaired) electrons. The first-order valence-corrected chi connectivity index (χ1v) is 7.70. The molecule has 0 aliphatic rings. The van der Waals surface area contributed by atoms with Crippen molar-refractivity contribution in [2.75, 3.05) is 18.0 Å². The molecule has 0 atom stereocenters. The van der Waals surface area contributed by atoms with Crippen LogP contribution in [0.1, 0.15) is 46.1 Å². The summed E-state index contributed by atoms with van der Waals surface area (Å²) in [4.78, 5) is 2.23. The van der Waals surface area contributed by atoms with E-state index in [-0.39, 0.29) is 11.7 Å². The van der Waals surface area contributed by atoms with Crippen molar-refractivity contribution in [1.29, 1.82) is 5.41 Å². The third-order valence-corrected chi connectivity index (χ3v) is 3.54. The largest absolute Gasteiger partial charge is 0.384 e. The number of amidine groups is 1. The first kappa shape index (κ1) is 17.5. The Balaban J connectivity index is 3.02. The van der Waals surface area contributed by atoms with Crippen LogP contribution in [0.3, 0.4) is 0 Å². The maximum Gasteiger partial charge on any atom is 0.125 e. The van der Waals surface area contributed by atoms with Crippen molar-refractivity contribution in [2.45, 2.75) is 40.5 Å². The molecule has 4 heteroatoms. The summed E-state index contributed by atoms with van der Waals surface area (Å²) in [6.07, 6.45) is 2.12. The average Bonchev–Trinajstić information content (AvgIpc) is 2.38. The van der Waals surface area contributed by atoms with E-state index < -0.39 is 0 Å². The van der Waals surface area contributed by atoms with E-state index in [0.29, 0.717) is 17.4 Å². The van der Waals surface area contributed by atoms with Crippen LogP contribution in [-0.4, -0.2) is 18.9 Å². The van der Waals surface area contributed by atoms with E-state index >= 15 is 0 Å². The van der Waals surface area contributed by atoms with Crippen LogP contribution in [0.4, 0.5) is 10.1 Å². The highest BCUT2D eigenvalue weighted by Gasteiger charge is 2.15. The van der Waals surface area contributed by atoms with E-state index in [1.54, 1.807) is 6.07 Å². The van der Waals surface area contributed by atoms with Gasteiger partial charge in [-0.15, -0.1) is 0 Å². The predicted octanol–water partition coefficient (Wildman–Crippen LogP) is 4.01. The predicted molar refractivity (Wildman–Crippen MR) is 88.5 cm³/mol. The molecule has 3 N–H and O–H groups in total. The van der Waals surface area contributed by atoms with Crippen LogP contribution >= 0.6 is 0 Å². The Morgan fingerprint density at radius 2 is 1.67 bits per heavy atom. The number of nitrogens with two attached hydrogens (primary N) is 1. The number of nitrogen functional groups attached to an aromatic ring is 1. The normalized spacial score (nSPS) is 11.2. The first-order valence-electron chi connectivity index (χ1n) is 7.70. The monoisotopic (exact) mass is 293 g/mol. The standard InChI is InChI=1S/C17H28FN3/c1-12(2)7-9-21(10-8-13(3)4)16-6-5-14(18)11-15(16)17(19)20/h5-6,11-13H,7-10H2,1-4H3,(H3,19,20). The van der Waals surface area contributed by atoms with Gasteiger partial charge in [0.1, 0.15) is 11.7 Å². The lowest BCUT2D eigenvalue weighted by molar-refractivity contribution is 0.535. The van der Waals surface area contributed by atoms with E-state index in [2.05, 4.69) is 32.6 Å². The van der Waals surface area contributed by atoms with Crippen molar-refractivity contribution < 1.29 is 4.39 Å². The van der Waals surface area contributed by atoms with Crippen LogP contribution in [0.15, 0.2) is 18.2 Å².